The standard InChI is InChI=1S/C19H21N5O2S2/c1-2-22-7-9-23(10-8-22)15(14-6-4-12-27-14)16-18(25)24-19(28-16)20-17(21-24)13-5-3-11-26-13/h3-6,11-12,15-16H,2,7-10H2,1H3. The summed E-state index contributed by atoms with van der Waals surface area (Å²) < 4.78 is 6.83. The first kappa shape index (κ1) is 18.1. The molecular weight excluding hydrogens is 394 g/mol. The molecule has 146 valence electrons. The van der Waals surface area contributed by atoms with Gasteiger partial charge in [0.05, 0.1) is 12.3 Å². The smallest absolute Gasteiger partial charge is 0.264 e. The Morgan fingerprint density at radius 3 is 2.75 bits per heavy atom. The van der Waals surface area contributed by atoms with E-state index in [9.17, 15) is 4.79 Å². The van der Waals surface area contributed by atoms with Crippen molar-refractivity contribution < 1.29 is 9.21 Å². The summed E-state index contributed by atoms with van der Waals surface area (Å²) in [5, 5.41) is 6.92. The number of hydrogen-bond donors (Lipinski definition) is 0. The number of carbonyl (C=O) groups excluding carboxylic acids is 1. The number of furan rings is 1. The zero-order chi connectivity index (χ0) is 19.1. The number of thioether (sulfide) groups is 1. The number of thiophene rings is 1. The summed E-state index contributed by atoms with van der Waals surface area (Å²) in [5.74, 6) is 1.04. The van der Waals surface area contributed by atoms with Crippen molar-refractivity contribution in [3.05, 3.63) is 40.8 Å². The fourth-order valence-corrected chi connectivity index (χ4v) is 6.08. The van der Waals surface area contributed by atoms with E-state index in [4.69, 9.17) is 4.42 Å². The highest BCUT2D eigenvalue weighted by molar-refractivity contribution is 8.01. The summed E-state index contributed by atoms with van der Waals surface area (Å²) in [4.78, 5) is 23.9. The van der Waals surface area contributed by atoms with Crippen LogP contribution in [0.1, 0.15) is 22.6 Å². The van der Waals surface area contributed by atoms with Gasteiger partial charge in [0, 0.05) is 31.1 Å². The third kappa shape index (κ3) is 3.12. The van der Waals surface area contributed by atoms with E-state index in [2.05, 4.69) is 44.3 Å². The van der Waals surface area contributed by atoms with Gasteiger partial charge in [-0.15, -0.1) is 16.4 Å². The summed E-state index contributed by atoms with van der Waals surface area (Å²) in [5.41, 5.74) is 0. The summed E-state index contributed by atoms with van der Waals surface area (Å²) in [7, 11) is 0. The quantitative estimate of drug-likeness (QED) is 0.634. The van der Waals surface area contributed by atoms with Crippen LogP contribution in [0.2, 0.25) is 0 Å². The third-order valence-corrected chi connectivity index (χ3v) is 7.50. The van der Waals surface area contributed by atoms with Gasteiger partial charge in [-0.25, -0.2) is 0 Å². The van der Waals surface area contributed by atoms with Crippen LogP contribution in [0, 0.1) is 0 Å². The lowest BCUT2D eigenvalue weighted by Crippen LogP contribution is -2.50. The average Bonchev–Trinajstić information content (AvgIpc) is 3.50. The van der Waals surface area contributed by atoms with Crippen molar-refractivity contribution in [3.63, 3.8) is 0 Å². The van der Waals surface area contributed by atoms with Gasteiger partial charge in [-0.3, -0.25) is 9.69 Å². The third-order valence-electron chi connectivity index (χ3n) is 5.37. The summed E-state index contributed by atoms with van der Waals surface area (Å²) in [6, 6.07) is 7.84. The SMILES string of the molecule is CCN1CCN(C(c2cccs2)C2Sc3nc(-c4ccco4)nn3C2=O)CC1. The lowest BCUT2D eigenvalue weighted by atomic mass is 10.1. The van der Waals surface area contributed by atoms with E-state index in [0.29, 0.717) is 16.7 Å². The van der Waals surface area contributed by atoms with Crippen molar-refractivity contribution in [3.8, 4) is 11.6 Å². The molecule has 5 rings (SSSR count). The molecule has 0 aromatic carbocycles. The molecule has 0 saturated carbocycles. The molecule has 1 saturated heterocycles. The van der Waals surface area contributed by atoms with E-state index in [-0.39, 0.29) is 17.2 Å². The molecule has 7 nitrogen and oxygen atoms in total. The lowest BCUT2D eigenvalue weighted by Gasteiger charge is -2.40. The van der Waals surface area contributed by atoms with Crippen LogP contribution in [-0.4, -0.2) is 68.4 Å². The van der Waals surface area contributed by atoms with Crippen molar-refractivity contribution in [2.45, 2.75) is 23.4 Å². The number of nitrogens with zero attached hydrogens (tertiary/aromatic N) is 5. The second-order valence-electron chi connectivity index (χ2n) is 6.91. The number of aromatic nitrogens is 3. The predicted octanol–water partition coefficient (Wildman–Crippen LogP) is 3.09. The van der Waals surface area contributed by atoms with Crippen molar-refractivity contribution in [1.82, 2.24) is 24.6 Å². The largest absolute Gasteiger partial charge is 0.461 e. The number of likely N-dealkylation sites (N-methyl/N-ethyl adjacent to an activating group) is 1. The van der Waals surface area contributed by atoms with Gasteiger partial charge >= 0.3 is 0 Å². The van der Waals surface area contributed by atoms with Crippen molar-refractivity contribution in [2.75, 3.05) is 32.7 Å². The van der Waals surface area contributed by atoms with Gasteiger partial charge in [-0.05, 0) is 30.1 Å². The summed E-state index contributed by atoms with van der Waals surface area (Å²) in [6.45, 7) is 7.28. The van der Waals surface area contributed by atoms with Gasteiger partial charge in [0.25, 0.3) is 5.91 Å². The molecule has 2 aliphatic rings. The minimum atomic E-state index is -0.229. The highest BCUT2D eigenvalue weighted by Gasteiger charge is 2.44. The van der Waals surface area contributed by atoms with E-state index in [0.717, 1.165) is 32.7 Å². The Morgan fingerprint density at radius 2 is 2.11 bits per heavy atom. The van der Waals surface area contributed by atoms with Crippen LogP contribution in [0.3, 0.4) is 0 Å². The maximum absolute atomic E-state index is 13.3. The molecule has 2 aliphatic heterocycles. The topological polar surface area (TPSA) is 67.4 Å². The molecule has 5 heterocycles. The number of hydrogen-bond acceptors (Lipinski definition) is 8. The number of carbonyl (C=O) groups is 1. The first-order valence-corrected chi connectivity index (χ1v) is 11.2. The maximum Gasteiger partial charge on any atom is 0.264 e. The van der Waals surface area contributed by atoms with Crippen LogP contribution >= 0.6 is 23.1 Å². The molecule has 2 atom stereocenters. The van der Waals surface area contributed by atoms with Crippen LogP contribution in [-0.2, 0) is 0 Å². The first-order chi connectivity index (χ1) is 13.7. The van der Waals surface area contributed by atoms with Gasteiger partial charge in [-0.2, -0.15) is 9.67 Å². The molecule has 0 amide bonds. The van der Waals surface area contributed by atoms with Crippen molar-refractivity contribution in [1.29, 1.82) is 0 Å². The Labute approximate surface area is 171 Å². The molecular formula is C19H21N5O2S2. The molecule has 0 radical (unpaired) electrons. The molecule has 0 aliphatic carbocycles. The van der Waals surface area contributed by atoms with Crippen LogP contribution < -0.4 is 0 Å². The first-order valence-electron chi connectivity index (χ1n) is 9.46. The number of fused-ring (bicyclic) bond motifs is 1. The van der Waals surface area contributed by atoms with Crippen molar-refractivity contribution in [2.24, 2.45) is 0 Å². The fourth-order valence-electron chi connectivity index (χ4n) is 3.85. The fraction of sp³-hybridized carbons (Fsp3) is 0.421. The van der Waals surface area contributed by atoms with E-state index in [1.54, 1.807) is 29.7 Å². The van der Waals surface area contributed by atoms with Crippen LogP contribution in [0.15, 0.2) is 45.5 Å². The molecule has 3 aromatic heterocycles. The van der Waals surface area contributed by atoms with E-state index < -0.39 is 0 Å². The zero-order valence-corrected chi connectivity index (χ0v) is 17.2. The Kier molecular flexibility index (Phi) is 4.83. The second-order valence-corrected chi connectivity index (χ2v) is 9.00. The normalized spacial score (nSPS) is 21.9. The Balaban J connectivity index is 1.42. The van der Waals surface area contributed by atoms with Gasteiger partial charge in [0.2, 0.25) is 5.82 Å². The monoisotopic (exact) mass is 415 g/mol. The summed E-state index contributed by atoms with van der Waals surface area (Å²) in [6.07, 6.45) is 1.59. The van der Waals surface area contributed by atoms with Crippen molar-refractivity contribution >= 4 is 29.0 Å². The lowest BCUT2D eigenvalue weighted by molar-refractivity contribution is 0.0745. The van der Waals surface area contributed by atoms with E-state index >= 15 is 0 Å². The molecule has 9 heteroatoms. The molecule has 3 aromatic rings. The Hall–Kier alpha value is -1.94. The van der Waals surface area contributed by atoms with E-state index in [1.807, 2.05) is 0 Å². The van der Waals surface area contributed by atoms with Crippen LogP contribution in [0.25, 0.3) is 11.6 Å². The zero-order valence-electron chi connectivity index (χ0n) is 15.5. The molecule has 0 spiro atoms. The molecule has 0 N–H and O–H groups in total. The Bertz CT molecular complexity index is 945. The number of piperazine rings is 1. The summed E-state index contributed by atoms with van der Waals surface area (Å²) >= 11 is 3.24. The number of rotatable bonds is 5. The van der Waals surface area contributed by atoms with Gasteiger partial charge in [0.15, 0.2) is 10.9 Å². The van der Waals surface area contributed by atoms with Gasteiger partial charge in [0.1, 0.15) is 5.25 Å². The molecule has 2 unspecified atom stereocenters. The minimum Gasteiger partial charge on any atom is -0.461 e. The molecule has 28 heavy (non-hydrogen) atoms. The average molecular weight is 416 g/mol. The maximum atomic E-state index is 13.3. The minimum absolute atomic E-state index is 0.00151. The molecule has 1 fully saturated rings. The van der Waals surface area contributed by atoms with Crippen LogP contribution in [0.5, 0.6) is 0 Å². The van der Waals surface area contributed by atoms with Crippen LogP contribution in [0.4, 0.5) is 0 Å². The predicted molar refractivity (Wildman–Crippen MR) is 109 cm³/mol. The highest BCUT2D eigenvalue weighted by atomic mass is 32.2. The highest BCUT2D eigenvalue weighted by Crippen LogP contribution is 2.43. The second kappa shape index (κ2) is 7.47. The molecule has 0 bridgehead atoms. The van der Waals surface area contributed by atoms with E-state index in [1.165, 1.54) is 21.3 Å². The van der Waals surface area contributed by atoms with Gasteiger partial charge < -0.3 is 9.32 Å². The van der Waals surface area contributed by atoms with Gasteiger partial charge in [-0.1, -0.05) is 24.8 Å². The Morgan fingerprint density at radius 1 is 1.25 bits per heavy atom.